The van der Waals surface area contributed by atoms with Gasteiger partial charge in [-0.25, -0.2) is 4.79 Å². The Morgan fingerprint density at radius 1 is 1.11 bits per heavy atom. The fourth-order valence-electron chi connectivity index (χ4n) is 4.97. The smallest absolute Gasteiger partial charge is 0.336 e. The van der Waals surface area contributed by atoms with E-state index in [2.05, 4.69) is 5.32 Å². The number of hydrogen-bond donors (Lipinski definition) is 1. The van der Waals surface area contributed by atoms with Crippen molar-refractivity contribution in [2.24, 2.45) is 5.92 Å². The zero-order valence-corrected chi connectivity index (χ0v) is 22.2. The minimum Gasteiger partial charge on any atom is -0.493 e. The molecule has 0 saturated carbocycles. The van der Waals surface area contributed by atoms with Gasteiger partial charge in [0, 0.05) is 34.0 Å². The molecule has 5 nitrogen and oxygen atoms in total. The highest BCUT2D eigenvalue weighted by molar-refractivity contribution is 6.30. The van der Waals surface area contributed by atoms with Crippen LogP contribution in [0.3, 0.4) is 0 Å². The van der Waals surface area contributed by atoms with Crippen molar-refractivity contribution in [3.05, 3.63) is 87.2 Å². The van der Waals surface area contributed by atoms with Crippen LogP contribution in [0, 0.1) is 5.92 Å². The van der Waals surface area contributed by atoms with Crippen LogP contribution in [0.2, 0.25) is 5.02 Å². The fraction of sp³-hybridized carbons (Fsp3) is 0.400. The number of ether oxygens (including phenoxy) is 2. The summed E-state index contributed by atoms with van der Waals surface area (Å²) in [6.45, 7) is 8.80. The zero-order valence-electron chi connectivity index (χ0n) is 21.4. The second-order valence-corrected chi connectivity index (χ2v) is 10.4. The topological polar surface area (TPSA) is 64.6 Å². The Labute approximate surface area is 218 Å². The predicted molar refractivity (Wildman–Crippen MR) is 142 cm³/mol. The van der Waals surface area contributed by atoms with E-state index in [0.717, 1.165) is 23.2 Å². The number of dihydropyridines is 1. The number of hydrogen-bond acceptors (Lipinski definition) is 5. The lowest BCUT2D eigenvalue weighted by molar-refractivity contribution is -0.140. The number of rotatable bonds is 8. The van der Waals surface area contributed by atoms with Gasteiger partial charge in [-0.2, -0.15) is 0 Å². The number of carbonyl (C=O) groups is 2. The maximum atomic E-state index is 13.8. The van der Waals surface area contributed by atoms with Gasteiger partial charge in [-0.05, 0) is 55.4 Å². The second kappa shape index (κ2) is 11.3. The first kappa shape index (κ1) is 26.0. The summed E-state index contributed by atoms with van der Waals surface area (Å²) >= 11 is 6.09. The maximum absolute atomic E-state index is 13.8. The second-order valence-electron chi connectivity index (χ2n) is 9.95. The molecule has 2 aromatic carbocycles. The summed E-state index contributed by atoms with van der Waals surface area (Å²) in [6.07, 6.45) is 1.89. The zero-order chi connectivity index (χ0) is 25.8. The Morgan fingerprint density at radius 2 is 1.83 bits per heavy atom. The lowest BCUT2D eigenvalue weighted by Crippen LogP contribution is -2.36. The van der Waals surface area contributed by atoms with Gasteiger partial charge in [0.25, 0.3) is 0 Å². The van der Waals surface area contributed by atoms with E-state index in [0.29, 0.717) is 53.7 Å². The number of carbonyl (C=O) groups excluding carboxylic acids is 2. The lowest BCUT2D eigenvalue weighted by Gasteiger charge is -2.37. The molecule has 1 aliphatic heterocycles. The van der Waals surface area contributed by atoms with Gasteiger partial charge in [-0.15, -0.1) is 0 Å². The SMILES string of the molecule is CCCOc1ccccc1[C@@H]1C(C(=O)OCC(C)C)=C(C)NC2=C1C(=O)C[C@@H](c1ccc(Cl)cc1)C2. The first-order valence-electron chi connectivity index (χ1n) is 12.7. The maximum Gasteiger partial charge on any atom is 0.336 e. The van der Waals surface area contributed by atoms with Crippen LogP contribution in [0.4, 0.5) is 0 Å². The van der Waals surface area contributed by atoms with Crippen molar-refractivity contribution in [1.82, 2.24) is 5.32 Å². The van der Waals surface area contributed by atoms with E-state index in [1.807, 2.05) is 76.2 Å². The van der Waals surface area contributed by atoms with Gasteiger partial charge in [0.2, 0.25) is 0 Å². The monoisotopic (exact) mass is 507 g/mol. The molecule has 0 spiro atoms. The molecule has 1 heterocycles. The van der Waals surface area contributed by atoms with Gasteiger partial charge in [0.1, 0.15) is 5.75 Å². The largest absolute Gasteiger partial charge is 0.493 e. The number of benzene rings is 2. The van der Waals surface area contributed by atoms with E-state index in [9.17, 15) is 9.59 Å². The average Bonchev–Trinajstić information content (AvgIpc) is 2.85. The first-order chi connectivity index (χ1) is 17.3. The number of nitrogens with one attached hydrogen (secondary N) is 1. The van der Waals surface area contributed by atoms with Crippen molar-refractivity contribution in [2.45, 2.75) is 58.8 Å². The molecule has 0 unspecified atom stereocenters. The van der Waals surface area contributed by atoms with Gasteiger partial charge in [0.05, 0.1) is 24.7 Å². The van der Waals surface area contributed by atoms with Crippen LogP contribution in [0.15, 0.2) is 71.1 Å². The van der Waals surface area contributed by atoms with E-state index < -0.39 is 11.9 Å². The number of esters is 1. The van der Waals surface area contributed by atoms with Crippen molar-refractivity contribution in [3.63, 3.8) is 0 Å². The highest BCUT2D eigenvalue weighted by atomic mass is 35.5. The Kier molecular flexibility index (Phi) is 8.20. The molecule has 0 saturated heterocycles. The van der Waals surface area contributed by atoms with Crippen LogP contribution in [0.25, 0.3) is 0 Å². The summed E-state index contributed by atoms with van der Waals surface area (Å²) in [6, 6.07) is 15.4. The van der Waals surface area contributed by atoms with Gasteiger partial charge < -0.3 is 14.8 Å². The molecule has 0 amide bonds. The summed E-state index contributed by atoms with van der Waals surface area (Å²) in [7, 11) is 0. The Balaban J connectivity index is 1.79. The minimum atomic E-state index is -0.548. The van der Waals surface area contributed by atoms with Crippen molar-refractivity contribution < 1.29 is 19.1 Å². The summed E-state index contributed by atoms with van der Waals surface area (Å²) < 4.78 is 11.8. The molecule has 2 aromatic rings. The molecular weight excluding hydrogens is 474 g/mol. The molecule has 0 fully saturated rings. The molecule has 0 radical (unpaired) electrons. The molecule has 36 heavy (non-hydrogen) atoms. The molecule has 4 rings (SSSR count). The number of halogens is 1. The molecule has 6 heteroatoms. The first-order valence-corrected chi connectivity index (χ1v) is 13.1. The van der Waals surface area contributed by atoms with E-state index >= 15 is 0 Å². The Bertz CT molecular complexity index is 1200. The molecular formula is C30H34ClNO4. The molecule has 0 aromatic heterocycles. The number of para-hydroxylation sites is 1. The summed E-state index contributed by atoms with van der Waals surface area (Å²) in [5, 5.41) is 4.08. The van der Waals surface area contributed by atoms with Gasteiger partial charge in [-0.3, -0.25) is 4.79 Å². The predicted octanol–water partition coefficient (Wildman–Crippen LogP) is 6.69. The Hall–Kier alpha value is -3.05. The third-order valence-corrected chi connectivity index (χ3v) is 6.88. The minimum absolute atomic E-state index is 0.0284. The molecule has 1 N–H and O–H groups in total. The summed E-state index contributed by atoms with van der Waals surface area (Å²) in [4.78, 5) is 27.2. The fourth-order valence-corrected chi connectivity index (χ4v) is 5.10. The van der Waals surface area contributed by atoms with Crippen molar-refractivity contribution in [2.75, 3.05) is 13.2 Å². The summed E-state index contributed by atoms with van der Waals surface area (Å²) in [5.74, 6) is 0.0101. The molecule has 1 aliphatic carbocycles. The van der Waals surface area contributed by atoms with Gasteiger partial charge in [0.15, 0.2) is 5.78 Å². The van der Waals surface area contributed by atoms with Crippen LogP contribution in [-0.4, -0.2) is 25.0 Å². The molecule has 2 atom stereocenters. The van der Waals surface area contributed by atoms with Crippen LogP contribution in [0.5, 0.6) is 5.75 Å². The van der Waals surface area contributed by atoms with E-state index in [4.69, 9.17) is 21.1 Å². The van der Waals surface area contributed by atoms with Gasteiger partial charge >= 0.3 is 5.97 Å². The van der Waals surface area contributed by atoms with Crippen LogP contribution in [0.1, 0.15) is 69.9 Å². The highest BCUT2D eigenvalue weighted by Crippen LogP contribution is 2.47. The lowest BCUT2D eigenvalue weighted by atomic mass is 9.71. The van der Waals surface area contributed by atoms with E-state index in [-0.39, 0.29) is 17.6 Å². The van der Waals surface area contributed by atoms with Crippen molar-refractivity contribution in [3.8, 4) is 5.75 Å². The molecule has 0 bridgehead atoms. The standard InChI is InChI=1S/C30H34ClNO4/c1-5-14-35-26-9-7-6-8-23(26)28-27(30(34)36-17-18(2)3)19(4)32-24-15-21(16-25(33)29(24)28)20-10-12-22(31)13-11-20/h6-13,18,21,28,32H,5,14-17H2,1-4H3/t21-,28+/m0/s1. The van der Waals surface area contributed by atoms with Crippen LogP contribution < -0.4 is 10.1 Å². The van der Waals surface area contributed by atoms with Crippen molar-refractivity contribution >= 4 is 23.4 Å². The number of Topliss-reactive ketones (excluding diaryl/α,β-unsaturated/α-hetero) is 1. The number of allylic oxidation sites excluding steroid dienone is 3. The highest BCUT2D eigenvalue weighted by Gasteiger charge is 2.42. The van der Waals surface area contributed by atoms with Gasteiger partial charge in [-0.1, -0.05) is 62.7 Å². The van der Waals surface area contributed by atoms with E-state index in [1.54, 1.807) is 0 Å². The third-order valence-electron chi connectivity index (χ3n) is 6.63. The average molecular weight is 508 g/mol. The number of ketones is 1. The van der Waals surface area contributed by atoms with E-state index in [1.165, 1.54) is 0 Å². The molecule has 2 aliphatic rings. The normalized spacial score (nSPS) is 19.8. The van der Waals surface area contributed by atoms with Crippen LogP contribution >= 0.6 is 11.6 Å². The third kappa shape index (κ3) is 5.52. The Morgan fingerprint density at radius 3 is 2.53 bits per heavy atom. The van der Waals surface area contributed by atoms with Crippen molar-refractivity contribution in [1.29, 1.82) is 0 Å². The molecule has 190 valence electrons. The van der Waals surface area contributed by atoms with Crippen LogP contribution in [-0.2, 0) is 14.3 Å². The quantitative estimate of drug-likeness (QED) is 0.403. The summed E-state index contributed by atoms with van der Waals surface area (Å²) in [5.41, 5.74) is 4.57.